The molecule has 3 heteroatoms. The van der Waals surface area contributed by atoms with E-state index in [1.165, 1.54) is 11.1 Å². The van der Waals surface area contributed by atoms with Crippen molar-refractivity contribution in [3.8, 4) is 0 Å². The van der Waals surface area contributed by atoms with Crippen LogP contribution in [-0.4, -0.2) is 5.33 Å². The first-order chi connectivity index (χ1) is 7.04. The first kappa shape index (κ1) is 13.3. The summed E-state index contributed by atoms with van der Waals surface area (Å²) in [5.41, 5.74) is 2.55. The fourth-order valence-electron chi connectivity index (χ4n) is 1.18. The number of allylic oxidation sites excluding steroid dienone is 1. The topological polar surface area (TPSA) is 0 Å². The number of rotatable bonds is 3. The summed E-state index contributed by atoms with van der Waals surface area (Å²) >= 11 is 12.9. The van der Waals surface area contributed by atoms with Crippen LogP contribution in [0.15, 0.2) is 28.2 Å². The Labute approximate surface area is 113 Å². The minimum Gasteiger partial charge on any atom is -0.0880 e. The van der Waals surface area contributed by atoms with E-state index in [1.54, 1.807) is 0 Å². The summed E-state index contributed by atoms with van der Waals surface area (Å²) in [6.07, 6.45) is 2.19. The van der Waals surface area contributed by atoms with Crippen LogP contribution in [-0.2, 0) is 0 Å². The largest absolute Gasteiger partial charge is 0.0880 e. The predicted octanol–water partition coefficient (Wildman–Crippen LogP) is 5.54. The Morgan fingerprint density at radius 1 is 1.47 bits per heavy atom. The highest BCUT2D eigenvalue weighted by Gasteiger charge is 2.02. The molecule has 0 atom stereocenters. The molecule has 1 aromatic rings. The van der Waals surface area contributed by atoms with Crippen LogP contribution in [0.2, 0.25) is 5.02 Å². The smallest absolute Gasteiger partial charge is 0.0548 e. The van der Waals surface area contributed by atoms with Crippen molar-refractivity contribution in [3.05, 3.63) is 38.8 Å². The second-order valence-corrected chi connectivity index (χ2v) is 5.50. The van der Waals surface area contributed by atoms with Crippen LogP contribution in [0.25, 0.3) is 6.08 Å². The van der Waals surface area contributed by atoms with E-state index in [-0.39, 0.29) is 0 Å². The lowest BCUT2D eigenvalue weighted by Gasteiger charge is -2.08. The molecule has 1 rings (SSSR count). The molecular formula is C12H13Br2Cl. The van der Waals surface area contributed by atoms with Crippen molar-refractivity contribution in [1.29, 1.82) is 0 Å². The minimum atomic E-state index is 0.554. The van der Waals surface area contributed by atoms with E-state index >= 15 is 0 Å². The zero-order chi connectivity index (χ0) is 11.4. The SMILES string of the molecule is CC(C)/C(=C/c1ccc(Cl)c(Br)c1)CBr. The zero-order valence-electron chi connectivity index (χ0n) is 8.73. The van der Waals surface area contributed by atoms with E-state index in [2.05, 4.69) is 51.8 Å². The molecule has 0 aliphatic heterocycles. The maximum Gasteiger partial charge on any atom is 0.0548 e. The fraction of sp³-hybridized carbons (Fsp3) is 0.333. The number of hydrogen-bond donors (Lipinski definition) is 0. The van der Waals surface area contributed by atoms with Crippen molar-refractivity contribution in [2.45, 2.75) is 13.8 Å². The van der Waals surface area contributed by atoms with Crippen molar-refractivity contribution in [1.82, 2.24) is 0 Å². The zero-order valence-corrected chi connectivity index (χ0v) is 12.7. The molecule has 0 saturated carbocycles. The lowest BCUT2D eigenvalue weighted by Crippen LogP contribution is -1.94. The fourth-order valence-corrected chi connectivity index (χ4v) is 2.50. The molecule has 0 fully saturated rings. The summed E-state index contributed by atoms with van der Waals surface area (Å²) in [4.78, 5) is 0. The Hall–Kier alpha value is 0.210. The quantitative estimate of drug-likeness (QED) is 0.627. The van der Waals surface area contributed by atoms with E-state index in [0.717, 1.165) is 14.8 Å². The molecule has 0 nitrogen and oxygen atoms in total. The van der Waals surface area contributed by atoms with Crippen molar-refractivity contribution < 1.29 is 0 Å². The van der Waals surface area contributed by atoms with Gasteiger partial charge in [0.15, 0.2) is 0 Å². The number of alkyl halides is 1. The van der Waals surface area contributed by atoms with E-state index < -0.39 is 0 Å². The number of halogens is 3. The molecule has 15 heavy (non-hydrogen) atoms. The van der Waals surface area contributed by atoms with Crippen LogP contribution in [0.4, 0.5) is 0 Å². The van der Waals surface area contributed by atoms with Gasteiger partial charge in [-0.15, -0.1) is 0 Å². The van der Waals surface area contributed by atoms with Gasteiger partial charge in [0.1, 0.15) is 0 Å². The van der Waals surface area contributed by atoms with E-state index in [4.69, 9.17) is 11.6 Å². The second-order valence-electron chi connectivity index (χ2n) is 3.68. The molecule has 0 N–H and O–H groups in total. The molecule has 1 aromatic carbocycles. The highest BCUT2D eigenvalue weighted by atomic mass is 79.9. The molecule has 0 aliphatic carbocycles. The van der Waals surface area contributed by atoms with E-state index in [9.17, 15) is 0 Å². The Balaban J connectivity index is 3.01. The standard InChI is InChI=1S/C12H13Br2Cl/c1-8(2)10(7-13)5-9-3-4-12(15)11(14)6-9/h3-6,8H,7H2,1-2H3/b10-5+. The third-order valence-corrected chi connectivity index (χ3v) is 4.05. The Morgan fingerprint density at radius 3 is 2.60 bits per heavy atom. The number of benzene rings is 1. The van der Waals surface area contributed by atoms with Crippen molar-refractivity contribution in [2.75, 3.05) is 5.33 Å². The third kappa shape index (κ3) is 3.93. The van der Waals surface area contributed by atoms with Gasteiger partial charge in [-0.2, -0.15) is 0 Å². The normalized spacial score (nSPS) is 12.3. The van der Waals surface area contributed by atoms with Gasteiger partial charge in [0, 0.05) is 9.80 Å². The molecule has 0 unspecified atom stereocenters. The molecule has 0 bridgehead atoms. The average molecular weight is 352 g/mol. The van der Waals surface area contributed by atoms with Gasteiger partial charge in [0.05, 0.1) is 5.02 Å². The molecule has 0 radical (unpaired) electrons. The third-order valence-electron chi connectivity index (χ3n) is 2.19. The van der Waals surface area contributed by atoms with E-state index in [1.807, 2.05) is 18.2 Å². The maximum absolute atomic E-state index is 5.94. The molecule has 0 saturated heterocycles. The Morgan fingerprint density at radius 2 is 2.13 bits per heavy atom. The van der Waals surface area contributed by atoms with Crippen LogP contribution in [0.5, 0.6) is 0 Å². The van der Waals surface area contributed by atoms with Crippen LogP contribution in [0.1, 0.15) is 19.4 Å². The summed E-state index contributed by atoms with van der Waals surface area (Å²) in [6.45, 7) is 4.39. The molecule has 0 aliphatic rings. The highest BCUT2D eigenvalue weighted by molar-refractivity contribution is 9.10. The summed E-state index contributed by atoms with van der Waals surface area (Å²) in [7, 11) is 0. The maximum atomic E-state index is 5.94. The summed E-state index contributed by atoms with van der Waals surface area (Å²) in [5.74, 6) is 0.554. The van der Waals surface area contributed by atoms with Gasteiger partial charge in [0.25, 0.3) is 0 Å². The van der Waals surface area contributed by atoms with Crippen molar-refractivity contribution >= 4 is 49.5 Å². The number of hydrogen-bond acceptors (Lipinski definition) is 0. The molecule has 0 spiro atoms. The lowest BCUT2D eigenvalue weighted by atomic mass is 10.0. The average Bonchev–Trinajstić information content (AvgIpc) is 2.19. The highest BCUT2D eigenvalue weighted by Crippen LogP contribution is 2.25. The van der Waals surface area contributed by atoms with Gasteiger partial charge in [-0.1, -0.05) is 59.1 Å². The van der Waals surface area contributed by atoms with E-state index in [0.29, 0.717) is 5.92 Å². The first-order valence-corrected chi connectivity index (χ1v) is 7.05. The summed E-state index contributed by atoms with van der Waals surface area (Å²) in [6, 6.07) is 5.97. The monoisotopic (exact) mass is 350 g/mol. The molecular weight excluding hydrogens is 339 g/mol. The van der Waals surface area contributed by atoms with Gasteiger partial charge in [0.2, 0.25) is 0 Å². The van der Waals surface area contributed by atoms with Gasteiger partial charge >= 0.3 is 0 Å². The molecule has 0 amide bonds. The van der Waals surface area contributed by atoms with Gasteiger partial charge in [-0.25, -0.2) is 0 Å². The van der Waals surface area contributed by atoms with Crippen LogP contribution >= 0.6 is 43.5 Å². The first-order valence-electron chi connectivity index (χ1n) is 4.76. The Bertz CT molecular complexity index is 370. The van der Waals surface area contributed by atoms with Crippen molar-refractivity contribution in [2.24, 2.45) is 5.92 Å². The van der Waals surface area contributed by atoms with Gasteiger partial charge < -0.3 is 0 Å². The molecule has 0 heterocycles. The second kappa shape index (κ2) is 6.07. The van der Waals surface area contributed by atoms with Gasteiger partial charge in [-0.3, -0.25) is 0 Å². The van der Waals surface area contributed by atoms with Crippen LogP contribution in [0, 0.1) is 5.92 Å². The van der Waals surface area contributed by atoms with Crippen molar-refractivity contribution in [3.63, 3.8) is 0 Å². The van der Waals surface area contributed by atoms with Gasteiger partial charge in [-0.05, 0) is 39.5 Å². The minimum absolute atomic E-state index is 0.554. The van der Waals surface area contributed by atoms with Crippen LogP contribution in [0.3, 0.4) is 0 Å². The van der Waals surface area contributed by atoms with Crippen LogP contribution < -0.4 is 0 Å². The molecule has 0 aromatic heterocycles. The molecule has 82 valence electrons. The summed E-state index contributed by atoms with van der Waals surface area (Å²) < 4.78 is 0.940. The Kier molecular flexibility index (Phi) is 5.37. The summed E-state index contributed by atoms with van der Waals surface area (Å²) in [5, 5.41) is 1.65. The predicted molar refractivity (Wildman–Crippen MR) is 75.8 cm³/mol. The lowest BCUT2D eigenvalue weighted by molar-refractivity contribution is 0.781.